The minimum absolute atomic E-state index is 0.0447. The van der Waals surface area contributed by atoms with Crippen LogP contribution in [0, 0.1) is 0 Å². The topological polar surface area (TPSA) is 24.8 Å². The van der Waals surface area contributed by atoms with E-state index in [2.05, 4.69) is 163 Å². The van der Waals surface area contributed by atoms with Gasteiger partial charge >= 0.3 is 0 Å². The van der Waals surface area contributed by atoms with Gasteiger partial charge < -0.3 is 9.64 Å². The van der Waals surface area contributed by atoms with Crippen molar-refractivity contribution >= 4 is 45.5 Å². The Morgan fingerprint density at radius 3 is 1.83 bits per heavy atom. The number of hydrogen-bond acceptors (Lipinski definition) is 3. The van der Waals surface area contributed by atoms with Crippen LogP contribution in [-0.4, -0.2) is 12.0 Å². The lowest BCUT2D eigenvalue weighted by Gasteiger charge is -2.26. The summed E-state index contributed by atoms with van der Waals surface area (Å²) in [7, 11) is 0. The molecule has 228 valence electrons. The Labute approximate surface area is 280 Å². The van der Waals surface area contributed by atoms with Crippen LogP contribution in [0.2, 0.25) is 0 Å². The fourth-order valence-corrected chi connectivity index (χ4v) is 7.07. The van der Waals surface area contributed by atoms with Crippen LogP contribution < -0.4 is 15.3 Å². The highest BCUT2D eigenvalue weighted by molar-refractivity contribution is 6.00. The lowest BCUT2D eigenvalue weighted by atomic mass is 9.95. The van der Waals surface area contributed by atoms with E-state index < -0.39 is 0 Å². The van der Waals surface area contributed by atoms with Gasteiger partial charge in [-0.15, -0.1) is 0 Å². The van der Waals surface area contributed by atoms with Crippen LogP contribution in [0.1, 0.15) is 12.0 Å². The van der Waals surface area contributed by atoms with E-state index in [1.54, 1.807) is 0 Å². The Morgan fingerprint density at radius 2 is 1.08 bits per heavy atom. The van der Waals surface area contributed by atoms with Gasteiger partial charge in [0.05, 0.1) is 5.70 Å². The molecule has 0 radical (unpaired) electrons. The zero-order valence-corrected chi connectivity index (χ0v) is 26.3. The highest BCUT2D eigenvalue weighted by Crippen LogP contribution is 2.37. The first-order chi connectivity index (χ1) is 23.8. The van der Waals surface area contributed by atoms with Gasteiger partial charge in [-0.1, -0.05) is 127 Å². The smallest absolute Gasteiger partial charge is 0.221 e. The van der Waals surface area contributed by atoms with Crippen molar-refractivity contribution in [3.8, 4) is 22.3 Å². The molecule has 0 bridgehead atoms. The summed E-state index contributed by atoms with van der Waals surface area (Å²) in [4.78, 5) is 7.30. The summed E-state index contributed by atoms with van der Waals surface area (Å²) in [5, 5.41) is 4.89. The molecule has 0 fully saturated rings. The van der Waals surface area contributed by atoms with Gasteiger partial charge in [-0.2, -0.15) is 0 Å². The molecule has 7 aromatic rings. The summed E-state index contributed by atoms with van der Waals surface area (Å²) in [6.07, 6.45) is 3.06. The molecule has 1 aliphatic carbocycles. The fraction of sp³-hybridized carbons (Fsp3) is 0.0444. The van der Waals surface area contributed by atoms with Crippen molar-refractivity contribution < 1.29 is 4.74 Å². The molecule has 0 aromatic heterocycles. The number of nitrogens with zero attached hydrogens (tertiary/aromatic N) is 2. The van der Waals surface area contributed by atoms with Crippen molar-refractivity contribution in [2.75, 3.05) is 4.90 Å². The van der Waals surface area contributed by atoms with Gasteiger partial charge in [-0.25, -0.2) is 4.99 Å². The molecule has 3 heteroatoms. The summed E-state index contributed by atoms with van der Waals surface area (Å²) in [6.45, 7) is 0. The van der Waals surface area contributed by atoms with Crippen molar-refractivity contribution in [2.24, 2.45) is 4.99 Å². The summed E-state index contributed by atoms with van der Waals surface area (Å²) in [6, 6.07) is 60.2. The van der Waals surface area contributed by atoms with Crippen LogP contribution in [-0.2, 0) is 4.74 Å². The Balaban J connectivity index is 1.08. The third-order valence-electron chi connectivity index (χ3n) is 9.40. The molecule has 3 nitrogen and oxygen atoms in total. The van der Waals surface area contributed by atoms with E-state index in [4.69, 9.17) is 9.73 Å². The van der Waals surface area contributed by atoms with Crippen LogP contribution in [0.3, 0.4) is 0 Å². The number of rotatable bonds is 6. The molecule has 7 aromatic carbocycles. The normalized spacial score (nSPS) is 14.8. The molecule has 0 N–H and O–H groups in total. The number of benzene rings is 7. The molecule has 0 saturated carbocycles. The molecular weight excluding hydrogens is 585 g/mol. The van der Waals surface area contributed by atoms with E-state index in [-0.39, 0.29) is 6.10 Å². The van der Waals surface area contributed by atoms with E-state index in [9.17, 15) is 0 Å². The second-order valence-corrected chi connectivity index (χ2v) is 12.3. The summed E-state index contributed by atoms with van der Waals surface area (Å²) < 4.78 is 6.31. The van der Waals surface area contributed by atoms with Crippen LogP contribution >= 0.6 is 0 Å². The predicted octanol–water partition coefficient (Wildman–Crippen LogP) is 9.78. The van der Waals surface area contributed by atoms with Crippen LogP contribution in [0.25, 0.3) is 44.8 Å². The molecule has 1 heterocycles. The van der Waals surface area contributed by atoms with Gasteiger partial charge in [-0.3, -0.25) is 0 Å². The minimum Gasteiger partial charge on any atom is -0.467 e. The lowest BCUT2D eigenvalue weighted by molar-refractivity contribution is 0.267. The standard InChI is InChI=1S/C45H32N2O/c1-3-12-34(13-4-1)45-46-44-42-20-10-19-40(41(42)29-30-43(44)48-45)33-23-27-37(28-24-33)47(35-15-5-2-6-16-35)36-25-21-32(22-26-36)39-18-9-14-31-11-7-8-17-38(31)39/h1-29,43H,30H2. The molecule has 1 atom stereocenters. The summed E-state index contributed by atoms with van der Waals surface area (Å²) in [5.74, 6) is 0.706. The SMILES string of the molecule is C1=c2c(-c3ccc(N(c4ccccc4)c4ccc(-c5cccc6ccccc56)cc4)cc3)cccc2=C2N=C(c3ccccc3)OC2C1. The summed E-state index contributed by atoms with van der Waals surface area (Å²) in [5.41, 5.74) is 10.2. The second kappa shape index (κ2) is 11.9. The quantitative estimate of drug-likeness (QED) is 0.186. The number of aliphatic imine (C=N–C) groups is 1. The second-order valence-electron chi connectivity index (χ2n) is 12.3. The maximum Gasteiger partial charge on any atom is 0.221 e. The monoisotopic (exact) mass is 616 g/mol. The van der Waals surface area contributed by atoms with E-state index >= 15 is 0 Å². The zero-order valence-electron chi connectivity index (χ0n) is 26.3. The Morgan fingerprint density at radius 1 is 0.500 bits per heavy atom. The van der Waals surface area contributed by atoms with E-state index in [0.717, 1.165) is 40.0 Å². The molecule has 0 spiro atoms. The van der Waals surface area contributed by atoms with Gasteiger partial charge in [0.25, 0.3) is 0 Å². The molecule has 1 unspecified atom stereocenters. The first-order valence-electron chi connectivity index (χ1n) is 16.5. The molecule has 9 rings (SSSR count). The number of hydrogen-bond donors (Lipinski definition) is 0. The minimum atomic E-state index is -0.0447. The van der Waals surface area contributed by atoms with Gasteiger partial charge in [0.2, 0.25) is 5.90 Å². The zero-order chi connectivity index (χ0) is 31.9. The van der Waals surface area contributed by atoms with Gasteiger partial charge in [0, 0.05) is 34.3 Å². The van der Waals surface area contributed by atoms with E-state index in [1.807, 2.05) is 18.2 Å². The highest BCUT2D eigenvalue weighted by Gasteiger charge is 2.28. The third kappa shape index (κ3) is 4.97. The molecule has 1 aliphatic heterocycles. The van der Waals surface area contributed by atoms with Gasteiger partial charge in [-0.05, 0) is 86.8 Å². The number of anilines is 3. The van der Waals surface area contributed by atoms with Crippen LogP contribution in [0.15, 0.2) is 175 Å². The van der Waals surface area contributed by atoms with Crippen molar-refractivity contribution in [3.05, 3.63) is 186 Å². The fourth-order valence-electron chi connectivity index (χ4n) is 7.07. The maximum absolute atomic E-state index is 6.31. The Hall–Kier alpha value is -6.19. The van der Waals surface area contributed by atoms with Crippen LogP contribution in [0.5, 0.6) is 0 Å². The highest BCUT2D eigenvalue weighted by atomic mass is 16.5. The van der Waals surface area contributed by atoms with Crippen molar-refractivity contribution in [1.82, 2.24) is 0 Å². The largest absolute Gasteiger partial charge is 0.467 e. The number of para-hydroxylation sites is 1. The molecule has 0 amide bonds. The first-order valence-corrected chi connectivity index (χ1v) is 16.5. The molecule has 0 saturated heterocycles. The predicted molar refractivity (Wildman–Crippen MR) is 199 cm³/mol. The maximum atomic E-state index is 6.31. The summed E-state index contributed by atoms with van der Waals surface area (Å²) >= 11 is 0. The average molecular weight is 617 g/mol. The Kier molecular flexibility index (Phi) is 6.94. The van der Waals surface area contributed by atoms with Gasteiger partial charge in [0.15, 0.2) is 0 Å². The average Bonchev–Trinajstić information content (AvgIpc) is 3.61. The number of ether oxygens (including phenoxy) is 1. The molecule has 2 aliphatic rings. The molecular formula is C45H32N2O. The van der Waals surface area contributed by atoms with Crippen molar-refractivity contribution in [1.29, 1.82) is 0 Å². The lowest BCUT2D eigenvalue weighted by Crippen LogP contribution is -2.35. The van der Waals surface area contributed by atoms with Crippen molar-refractivity contribution in [3.63, 3.8) is 0 Å². The van der Waals surface area contributed by atoms with Crippen molar-refractivity contribution in [2.45, 2.75) is 12.5 Å². The molecule has 48 heavy (non-hydrogen) atoms. The first kappa shape index (κ1) is 28.1. The third-order valence-corrected chi connectivity index (χ3v) is 9.40. The Bertz CT molecular complexity index is 2430. The van der Waals surface area contributed by atoms with Gasteiger partial charge in [0.1, 0.15) is 6.10 Å². The number of fused-ring (bicyclic) bond motifs is 3. The van der Waals surface area contributed by atoms with Crippen LogP contribution in [0.4, 0.5) is 17.1 Å². The van der Waals surface area contributed by atoms with E-state index in [0.29, 0.717) is 5.90 Å². The van der Waals surface area contributed by atoms with E-state index in [1.165, 1.54) is 38.2 Å².